The Bertz CT molecular complexity index is 1330. The molecule has 0 bridgehead atoms. The Morgan fingerprint density at radius 2 is 1.62 bits per heavy atom. The van der Waals surface area contributed by atoms with E-state index in [0.29, 0.717) is 0 Å². The van der Waals surface area contributed by atoms with E-state index in [4.69, 9.17) is 19.0 Å². The van der Waals surface area contributed by atoms with Crippen LogP contribution >= 0.6 is 0 Å². The molecule has 0 spiro atoms. The zero-order chi connectivity index (χ0) is 24.9. The molecule has 2 unspecified atom stereocenters. The van der Waals surface area contributed by atoms with E-state index in [1.165, 1.54) is 6.07 Å². The van der Waals surface area contributed by atoms with Crippen LogP contribution in [0.5, 0.6) is 28.7 Å². The summed E-state index contributed by atoms with van der Waals surface area (Å²) in [6.45, 7) is 0. The summed E-state index contributed by atoms with van der Waals surface area (Å²) in [7, 11) is 0. The summed E-state index contributed by atoms with van der Waals surface area (Å²) in [5.74, 6) is -5.03. The van der Waals surface area contributed by atoms with Crippen LogP contribution in [0, 0.1) is 0 Å². The number of aliphatic carboxylic acids is 1. The molecular weight excluding hydrogens is 460 g/mol. The number of aromatic hydroxyl groups is 4. The number of aliphatic hydroxyl groups excluding tert-OH is 3. The van der Waals surface area contributed by atoms with Crippen molar-refractivity contribution in [3.8, 4) is 40.1 Å². The largest absolute Gasteiger partial charge is 0.508 e. The summed E-state index contributed by atoms with van der Waals surface area (Å²) >= 11 is 0. The number of benzene rings is 2. The van der Waals surface area contributed by atoms with Gasteiger partial charge in [0, 0.05) is 17.7 Å². The number of ether oxygens (including phenoxy) is 2. The summed E-state index contributed by atoms with van der Waals surface area (Å²) in [5.41, 5.74) is -1.38. The molecule has 1 aliphatic heterocycles. The van der Waals surface area contributed by atoms with Crippen molar-refractivity contribution in [2.75, 3.05) is 0 Å². The second-order valence-electron chi connectivity index (χ2n) is 7.48. The lowest BCUT2D eigenvalue weighted by molar-refractivity contribution is -0.270. The summed E-state index contributed by atoms with van der Waals surface area (Å²) in [6, 6.07) is 5.25. The Hall–Kier alpha value is -4.04. The fourth-order valence-corrected chi connectivity index (χ4v) is 3.49. The second-order valence-corrected chi connectivity index (χ2v) is 7.48. The van der Waals surface area contributed by atoms with E-state index in [2.05, 4.69) is 0 Å². The maximum absolute atomic E-state index is 12.9. The zero-order valence-corrected chi connectivity index (χ0v) is 16.9. The molecule has 2 aromatic carbocycles. The summed E-state index contributed by atoms with van der Waals surface area (Å²) in [4.78, 5) is 24.2. The quantitative estimate of drug-likeness (QED) is 0.223. The molecule has 0 aliphatic carbocycles. The number of fused-ring (bicyclic) bond motifs is 1. The third-order valence-electron chi connectivity index (χ3n) is 5.21. The Morgan fingerprint density at radius 3 is 2.26 bits per heavy atom. The van der Waals surface area contributed by atoms with Crippen molar-refractivity contribution in [1.29, 1.82) is 0 Å². The van der Waals surface area contributed by atoms with E-state index in [9.17, 15) is 45.3 Å². The van der Waals surface area contributed by atoms with Crippen molar-refractivity contribution in [3.05, 3.63) is 40.6 Å². The number of hydrogen-bond donors (Lipinski definition) is 8. The zero-order valence-electron chi connectivity index (χ0n) is 16.9. The average Bonchev–Trinajstić information content (AvgIpc) is 2.77. The molecule has 1 aliphatic rings. The van der Waals surface area contributed by atoms with Gasteiger partial charge in [0.05, 0.1) is 0 Å². The van der Waals surface area contributed by atoms with Crippen molar-refractivity contribution < 1.29 is 59.5 Å². The lowest BCUT2D eigenvalue weighted by Gasteiger charge is -2.38. The minimum Gasteiger partial charge on any atom is -0.508 e. The molecule has 0 radical (unpaired) electrons. The van der Waals surface area contributed by atoms with Crippen LogP contribution in [-0.2, 0) is 9.53 Å². The van der Waals surface area contributed by atoms with Crippen LogP contribution in [0.4, 0.5) is 0 Å². The number of phenolic OH excluding ortho intramolecular Hbond substituents is 3. The normalized spacial score (nSPS) is 24.7. The first kappa shape index (κ1) is 23.1. The van der Waals surface area contributed by atoms with Crippen LogP contribution < -0.4 is 10.2 Å². The van der Waals surface area contributed by atoms with Crippen molar-refractivity contribution in [3.63, 3.8) is 0 Å². The van der Waals surface area contributed by atoms with Crippen molar-refractivity contribution in [1.82, 2.24) is 0 Å². The molecule has 34 heavy (non-hydrogen) atoms. The lowest BCUT2D eigenvalue weighted by Crippen LogP contribution is -2.61. The summed E-state index contributed by atoms with van der Waals surface area (Å²) in [5, 5.41) is 78.3. The van der Waals surface area contributed by atoms with E-state index in [1.54, 1.807) is 0 Å². The molecule has 4 rings (SSSR count). The smallest absolute Gasteiger partial charge is 0.335 e. The van der Waals surface area contributed by atoms with Gasteiger partial charge in [0.1, 0.15) is 40.8 Å². The third-order valence-corrected chi connectivity index (χ3v) is 5.21. The van der Waals surface area contributed by atoms with E-state index in [1.807, 2.05) is 0 Å². The molecule has 2 heterocycles. The maximum Gasteiger partial charge on any atom is 0.335 e. The molecule has 8 N–H and O–H groups in total. The molecule has 13 nitrogen and oxygen atoms in total. The molecule has 13 heteroatoms. The van der Waals surface area contributed by atoms with Gasteiger partial charge < -0.3 is 54.7 Å². The highest BCUT2D eigenvalue weighted by atomic mass is 16.7. The van der Waals surface area contributed by atoms with Crippen molar-refractivity contribution in [2.45, 2.75) is 30.7 Å². The van der Waals surface area contributed by atoms with Gasteiger partial charge in [-0.3, -0.25) is 4.79 Å². The Labute approximate surface area is 188 Å². The number of carboxylic acids is 1. The standard InChI is InChI=1S/C21H18O13/c22-7-4-10-12(13(25)15(27)18(32-10)6-1-2-8(23)9(24)3-6)11(5-7)33-21-17(29)14(26)16(28)19(34-21)20(30)31/h1-5,14,16-17,19,21-24,26-29H,(H,30,31)/t14-,16-,17?,19?,21+/m0/s1. The lowest BCUT2D eigenvalue weighted by atomic mass is 9.99. The molecular formula is C21H18O13. The van der Waals surface area contributed by atoms with Crippen LogP contribution in [0.15, 0.2) is 39.5 Å². The Balaban J connectivity index is 1.82. The highest BCUT2D eigenvalue weighted by Gasteiger charge is 2.48. The molecule has 3 aromatic rings. The molecule has 1 aromatic heterocycles. The maximum atomic E-state index is 12.9. The fraction of sp³-hybridized carbons (Fsp3) is 0.238. The predicted molar refractivity (Wildman–Crippen MR) is 110 cm³/mol. The molecule has 180 valence electrons. The van der Waals surface area contributed by atoms with E-state index in [-0.39, 0.29) is 11.1 Å². The van der Waals surface area contributed by atoms with Crippen molar-refractivity contribution in [2.24, 2.45) is 0 Å². The van der Waals surface area contributed by atoms with Crippen LogP contribution in [-0.4, -0.2) is 77.5 Å². The van der Waals surface area contributed by atoms with Gasteiger partial charge in [-0.05, 0) is 18.2 Å². The minimum absolute atomic E-state index is 0.00468. The first-order valence-electron chi connectivity index (χ1n) is 9.64. The van der Waals surface area contributed by atoms with E-state index >= 15 is 0 Å². The topological polar surface area (TPSA) is 228 Å². The first-order valence-corrected chi connectivity index (χ1v) is 9.64. The monoisotopic (exact) mass is 478 g/mol. The van der Waals surface area contributed by atoms with E-state index in [0.717, 1.165) is 24.3 Å². The number of phenols is 3. The van der Waals surface area contributed by atoms with E-state index < -0.39 is 82.0 Å². The summed E-state index contributed by atoms with van der Waals surface area (Å²) in [6.07, 6.45) is -9.80. The third kappa shape index (κ3) is 3.82. The molecule has 0 amide bonds. The van der Waals surface area contributed by atoms with Gasteiger partial charge in [0.15, 0.2) is 23.4 Å². The van der Waals surface area contributed by atoms with Gasteiger partial charge in [-0.15, -0.1) is 0 Å². The van der Waals surface area contributed by atoms with Gasteiger partial charge in [-0.25, -0.2) is 4.79 Å². The number of carboxylic acid groups (broad SMARTS) is 1. The van der Waals surface area contributed by atoms with Gasteiger partial charge in [0.2, 0.25) is 17.5 Å². The average molecular weight is 478 g/mol. The van der Waals surface area contributed by atoms with Crippen LogP contribution in [0.1, 0.15) is 0 Å². The Morgan fingerprint density at radius 1 is 0.912 bits per heavy atom. The number of rotatable bonds is 4. The molecule has 1 fully saturated rings. The first-order chi connectivity index (χ1) is 16.0. The van der Waals surface area contributed by atoms with Crippen LogP contribution in [0.3, 0.4) is 0 Å². The van der Waals surface area contributed by atoms with Gasteiger partial charge in [0.25, 0.3) is 0 Å². The molecule has 0 saturated carbocycles. The van der Waals surface area contributed by atoms with Crippen molar-refractivity contribution >= 4 is 16.9 Å². The SMILES string of the molecule is O=C(O)C1O[C@@H](Oc2cc(O)cc3oc(-c4ccc(O)c(O)c4)c(O)c(=O)c23)C(O)[C@@H](O)[C@@H]1O. The number of aliphatic hydroxyl groups is 3. The highest BCUT2D eigenvalue weighted by molar-refractivity contribution is 5.88. The fourth-order valence-electron chi connectivity index (χ4n) is 3.49. The Kier molecular flexibility index (Phi) is 5.70. The minimum atomic E-state index is -1.98. The highest BCUT2D eigenvalue weighted by Crippen LogP contribution is 2.39. The van der Waals surface area contributed by atoms with Gasteiger partial charge in [-0.2, -0.15) is 0 Å². The summed E-state index contributed by atoms with van der Waals surface area (Å²) < 4.78 is 15.9. The van der Waals surface area contributed by atoms with Gasteiger partial charge in [-0.1, -0.05) is 0 Å². The number of hydrogen-bond acceptors (Lipinski definition) is 12. The van der Waals surface area contributed by atoms with Gasteiger partial charge >= 0.3 is 5.97 Å². The predicted octanol–water partition coefficient (Wildman–Crippen LogP) is -0.447. The number of carbonyl (C=O) groups is 1. The molecule has 1 saturated heterocycles. The van der Waals surface area contributed by atoms with Crippen LogP contribution in [0.2, 0.25) is 0 Å². The second kappa shape index (κ2) is 8.39. The molecule has 5 atom stereocenters. The van der Waals surface area contributed by atoms with Crippen LogP contribution in [0.25, 0.3) is 22.3 Å².